The Labute approximate surface area is 358 Å². The fourth-order valence-electron chi connectivity index (χ4n) is 7.56. The molecule has 0 spiro atoms. The molecule has 298 valence electrons. The summed E-state index contributed by atoms with van der Waals surface area (Å²) < 4.78 is 5.75. The summed E-state index contributed by atoms with van der Waals surface area (Å²) in [5, 5.41) is 30.5. The number of benzene rings is 4. The standard InChI is InChI=1S/C42H36Cl4N6O5S/c43-23-3-6-31-26(17-23)39(34(21-47-31)52-10-2-15-58-16-12-52)50-33-8-5-30(46)36(37(33)42(55)56)28-19-25(45)20-29-38(28)48-22-35(51-9-1-13-57-14-11-51)40(29)49-32-7-4-24(44)18-27(32)41(53)54/h3-8,17-22H,1-2,9-16H2,(H,47,50)(H,48,49)(H,53,54)(H,55,56). The van der Waals surface area contributed by atoms with Crippen LogP contribution in [0.2, 0.25) is 20.1 Å². The molecule has 58 heavy (non-hydrogen) atoms. The number of carboxylic acids is 2. The maximum atomic E-state index is 13.6. The van der Waals surface area contributed by atoms with Crippen molar-refractivity contribution in [2.45, 2.75) is 12.8 Å². The number of carboxylic acid groups (broad SMARTS) is 2. The Morgan fingerprint density at radius 3 is 2.19 bits per heavy atom. The first kappa shape index (κ1) is 40.1. The highest BCUT2D eigenvalue weighted by Gasteiger charge is 2.27. The molecule has 2 saturated heterocycles. The summed E-state index contributed by atoms with van der Waals surface area (Å²) in [6, 6.07) is 16.7. The average Bonchev–Trinajstić information content (AvgIpc) is 3.65. The quantitative estimate of drug-likeness (QED) is 0.110. The molecule has 2 aromatic heterocycles. The van der Waals surface area contributed by atoms with E-state index in [1.807, 2.05) is 30.1 Å². The number of carbonyl (C=O) groups is 2. The van der Waals surface area contributed by atoms with E-state index >= 15 is 0 Å². The number of ether oxygens (including phenoxy) is 1. The minimum Gasteiger partial charge on any atom is -0.478 e. The van der Waals surface area contributed by atoms with Crippen molar-refractivity contribution in [3.63, 3.8) is 0 Å². The number of aromatic carboxylic acids is 2. The molecule has 6 aromatic rings. The van der Waals surface area contributed by atoms with Crippen molar-refractivity contribution in [2.24, 2.45) is 0 Å². The van der Waals surface area contributed by atoms with Crippen LogP contribution in [0.5, 0.6) is 0 Å². The zero-order chi connectivity index (χ0) is 40.5. The van der Waals surface area contributed by atoms with Gasteiger partial charge in [0.05, 0.1) is 75.3 Å². The Hall–Kier alpha value is -4.69. The number of nitrogens with zero attached hydrogens (tertiary/aromatic N) is 4. The first-order chi connectivity index (χ1) is 28.1. The molecule has 4 aromatic carbocycles. The van der Waals surface area contributed by atoms with Gasteiger partial charge in [-0.2, -0.15) is 11.8 Å². The molecule has 0 unspecified atom stereocenters. The molecule has 4 N–H and O–H groups in total. The van der Waals surface area contributed by atoms with Gasteiger partial charge >= 0.3 is 11.9 Å². The minimum atomic E-state index is -1.23. The molecule has 16 heteroatoms. The van der Waals surface area contributed by atoms with E-state index in [2.05, 4.69) is 20.4 Å². The molecule has 2 aliphatic heterocycles. The third kappa shape index (κ3) is 8.14. The number of nitrogens with one attached hydrogen (secondary N) is 2. The third-order valence-electron chi connectivity index (χ3n) is 10.2. The van der Waals surface area contributed by atoms with Gasteiger partial charge in [-0.1, -0.05) is 46.4 Å². The summed E-state index contributed by atoms with van der Waals surface area (Å²) in [6.45, 7) is 3.87. The lowest BCUT2D eigenvalue weighted by atomic mass is 9.94. The zero-order valence-electron chi connectivity index (χ0n) is 30.8. The van der Waals surface area contributed by atoms with Crippen molar-refractivity contribution in [3.05, 3.63) is 104 Å². The van der Waals surface area contributed by atoms with Crippen molar-refractivity contribution >= 4 is 126 Å². The van der Waals surface area contributed by atoms with Gasteiger partial charge in [0, 0.05) is 80.5 Å². The summed E-state index contributed by atoms with van der Waals surface area (Å²) in [6.07, 6.45) is 5.25. The van der Waals surface area contributed by atoms with Crippen LogP contribution in [0.3, 0.4) is 0 Å². The van der Waals surface area contributed by atoms with E-state index in [1.165, 1.54) is 6.07 Å². The molecule has 0 atom stereocenters. The first-order valence-corrected chi connectivity index (χ1v) is 21.2. The number of aromatic nitrogens is 2. The molecular formula is C42H36Cl4N6O5S. The van der Waals surface area contributed by atoms with E-state index in [0.717, 1.165) is 48.5 Å². The summed E-state index contributed by atoms with van der Waals surface area (Å²) >= 11 is 28.6. The van der Waals surface area contributed by atoms with E-state index in [0.29, 0.717) is 70.4 Å². The van der Waals surface area contributed by atoms with E-state index in [1.54, 1.807) is 48.7 Å². The maximum Gasteiger partial charge on any atom is 0.338 e. The van der Waals surface area contributed by atoms with Crippen molar-refractivity contribution in [2.75, 3.05) is 71.3 Å². The second-order valence-electron chi connectivity index (χ2n) is 13.8. The van der Waals surface area contributed by atoms with Crippen LogP contribution in [0.1, 0.15) is 33.6 Å². The number of pyridine rings is 2. The molecule has 2 aliphatic rings. The van der Waals surface area contributed by atoms with Gasteiger partial charge in [-0.3, -0.25) is 9.97 Å². The summed E-state index contributed by atoms with van der Waals surface area (Å²) in [4.78, 5) is 40.1. The minimum absolute atomic E-state index is 0.0388. The zero-order valence-corrected chi connectivity index (χ0v) is 34.7. The molecule has 0 radical (unpaired) electrons. The van der Waals surface area contributed by atoms with Crippen LogP contribution >= 0.6 is 58.2 Å². The Balaban J connectivity index is 1.34. The normalized spacial score (nSPS) is 15.0. The van der Waals surface area contributed by atoms with Gasteiger partial charge in [0.1, 0.15) is 0 Å². The van der Waals surface area contributed by atoms with Crippen LogP contribution in [0, 0.1) is 0 Å². The number of hydrogen-bond acceptors (Lipinski definition) is 10. The van der Waals surface area contributed by atoms with Crippen LogP contribution in [-0.4, -0.2) is 83.0 Å². The Bertz CT molecular complexity index is 2580. The molecule has 0 amide bonds. The fourth-order valence-corrected chi connectivity index (χ4v) is 9.27. The van der Waals surface area contributed by atoms with Crippen LogP contribution < -0.4 is 20.4 Å². The van der Waals surface area contributed by atoms with Crippen molar-refractivity contribution < 1.29 is 24.5 Å². The van der Waals surface area contributed by atoms with Gasteiger partial charge in [0.15, 0.2) is 0 Å². The number of rotatable bonds is 9. The van der Waals surface area contributed by atoms with Crippen molar-refractivity contribution in [3.8, 4) is 11.1 Å². The predicted octanol–water partition coefficient (Wildman–Crippen LogP) is 11.1. The average molecular weight is 879 g/mol. The van der Waals surface area contributed by atoms with Crippen LogP contribution in [0.4, 0.5) is 34.1 Å². The second-order valence-corrected chi connectivity index (χ2v) is 16.8. The molecule has 8 rings (SSSR count). The Morgan fingerprint density at radius 1 is 0.690 bits per heavy atom. The number of fused-ring (bicyclic) bond motifs is 2. The van der Waals surface area contributed by atoms with Crippen molar-refractivity contribution in [1.82, 2.24) is 9.97 Å². The van der Waals surface area contributed by atoms with Gasteiger partial charge in [-0.05, 0) is 79.3 Å². The molecular weight excluding hydrogens is 842 g/mol. The SMILES string of the molecule is O=C(O)c1cc(Cl)ccc1Nc1c(N2CCCOCC2)cnc2c(-c3c(Cl)ccc(Nc4c(N5CCCSCC5)cnc5ccc(Cl)cc45)c3C(=O)O)cc(Cl)cc12. The molecule has 0 aliphatic carbocycles. The maximum absolute atomic E-state index is 13.6. The highest BCUT2D eigenvalue weighted by molar-refractivity contribution is 7.99. The second kappa shape index (κ2) is 17.3. The smallest absolute Gasteiger partial charge is 0.338 e. The van der Waals surface area contributed by atoms with Crippen LogP contribution in [0.15, 0.2) is 73.1 Å². The highest BCUT2D eigenvalue weighted by Crippen LogP contribution is 2.46. The molecule has 2 fully saturated rings. The Kier molecular flexibility index (Phi) is 11.9. The number of thioether (sulfide) groups is 1. The predicted molar refractivity (Wildman–Crippen MR) is 238 cm³/mol. The van der Waals surface area contributed by atoms with E-state index in [9.17, 15) is 19.8 Å². The summed E-state index contributed by atoms with van der Waals surface area (Å²) in [7, 11) is 0. The highest BCUT2D eigenvalue weighted by atomic mass is 35.5. The van der Waals surface area contributed by atoms with Crippen LogP contribution in [0.25, 0.3) is 32.9 Å². The topological polar surface area (TPSA) is 140 Å². The number of hydrogen-bond donors (Lipinski definition) is 4. The lowest BCUT2D eigenvalue weighted by Gasteiger charge is -2.27. The van der Waals surface area contributed by atoms with Gasteiger partial charge in [0.25, 0.3) is 0 Å². The Morgan fingerprint density at radius 2 is 1.38 bits per heavy atom. The fraction of sp³-hybridized carbons (Fsp3) is 0.238. The van der Waals surface area contributed by atoms with Gasteiger partial charge in [-0.25, -0.2) is 9.59 Å². The summed E-state index contributed by atoms with van der Waals surface area (Å²) in [5.41, 5.74) is 4.76. The third-order valence-corrected chi connectivity index (χ3v) is 12.3. The molecule has 0 bridgehead atoms. The van der Waals surface area contributed by atoms with Gasteiger partial charge < -0.3 is 35.4 Å². The van der Waals surface area contributed by atoms with Gasteiger partial charge in [0.2, 0.25) is 0 Å². The number of anilines is 6. The largest absolute Gasteiger partial charge is 0.478 e. The van der Waals surface area contributed by atoms with E-state index in [4.69, 9.17) is 61.1 Å². The van der Waals surface area contributed by atoms with Gasteiger partial charge in [-0.15, -0.1) is 0 Å². The van der Waals surface area contributed by atoms with Crippen molar-refractivity contribution in [1.29, 1.82) is 0 Å². The monoisotopic (exact) mass is 876 g/mol. The lowest BCUT2D eigenvalue weighted by Crippen LogP contribution is -2.27. The lowest BCUT2D eigenvalue weighted by molar-refractivity contribution is 0.0687. The van der Waals surface area contributed by atoms with E-state index < -0.39 is 11.9 Å². The van der Waals surface area contributed by atoms with E-state index in [-0.39, 0.29) is 43.1 Å². The molecule has 0 saturated carbocycles. The number of halogens is 4. The summed E-state index contributed by atoms with van der Waals surface area (Å²) in [5.74, 6) is -0.420. The molecule has 11 nitrogen and oxygen atoms in total. The van der Waals surface area contributed by atoms with Crippen LogP contribution in [-0.2, 0) is 4.74 Å². The molecule has 4 heterocycles. The first-order valence-electron chi connectivity index (χ1n) is 18.6.